The van der Waals surface area contributed by atoms with E-state index >= 15 is 0 Å². The SMILES string of the molecule is CCOC(=O)CCC(C)NC(=O)c1ccc(CN)cc1.Cl. The molecule has 0 saturated heterocycles. The molecule has 0 radical (unpaired) electrons. The minimum Gasteiger partial charge on any atom is -0.466 e. The van der Waals surface area contributed by atoms with Gasteiger partial charge < -0.3 is 15.8 Å². The van der Waals surface area contributed by atoms with Gasteiger partial charge in [0.2, 0.25) is 0 Å². The van der Waals surface area contributed by atoms with Crippen LogP contribution in [0.1, 0.15) is 42.6 Å². The number of rotatable bonds is 7. The monoisotopic (exact) mass is 314 g/mol. The zero-order valence-corrected chi connectivity index (χ0v) is 13.2. The van der Waals surface area contributed by atoms with Gasteiger partial charge in [-0.15, -0.1) is 12.4 Å². The fraction of sp³-hybridized carbons (Fsp3) is 0.467. The Hall–Kier alpha value is -1.59. The van der Waals surface area contributed by atoms with Gasteiger partial charge in [0, 0.05) is 24.6 Å². The summed E-state index contributed by atoms with van der Waals surface area (Å²) in [7, 11) is 0. The van der Waals surface area contributed by atoms with E-state index in [1.807, 2.05) is 19.1 Å². The molecule has 21 heavy (non-hydrogen) atoms. The number of hydrogen-bond donors (Lipinski definition) is 2. The van der Waals surface area contributed by atoms with Crippen LogP contribution in [0.15, 0.2) is 24.3 Å². The second kappa shape index (κ2) is 10.2. The predicted octanol–water partition coefficient (Wildman–Crippen LogP) is 2.03. The van der Waals surface area contributed by atoms with Crippen molar-refractivity contribution in [1.29, 1.82) is 0 Å². The molecule has 0 heterocycles. The fourth-order valence-electron chi connectivity index (χ4n) is 1.74. The lowest BCUT2D eigenvalue weighted by Gasteiger charge is -2.13. The first-order chi connectivity index (χ1) is 9.56. The fourth-order valence-corrected chi connectivity index (χ4v) is 1.74. The smallest absolute Gasteiger partial charge is 0.305 e. The molecule has 118 valence electrons. The molecule has 0 fully saturated rings. The molecule has 6 heteroatoms. The molecule has 0 aliphatic heterocycles. The lowest BCUT2D eigenvalue weighted by atomic mass is 10.1. The molecule has 1 atom stereocenters. The van der Waals surface area contributed by atoms with Crippen molar-refractivity contribution in [2.24, 2.45) is 5.73 Å². The Balaban J connectivity index is 0.00000400. The first-order valence-electron chi connectivity index (χ1n) is 6.82. The molecule has 3 N–H and O–H groups in total. The van der Waals surface area contributed by atoms with Crippen molar-refractivity contribution in [1.82, 2.24) is 5.32 Å². The minimum absolute atomic E-state index is 0. The van der Waals surface area contributed by atoms with Gasteiger partial charge in [0.05, 0.1) is 6.61 Å². The molecule has 1 unspecified atom stereocenters. The molecule has 0 aliphatic rings. The molecule has 1 rings (SSSR count). The zero-order chi connectivity index (χ0) is 15.0. The molecule has 1 aromatic carbocycles. The van der Waals surface area contributed by atoms with E-state index in [2.05, 4.69) is 5.32 Å². The van der Waals surface area contributed by atoms with Crippen LogP contribution in [0.25, 0.3) is 0 Å². The summed E-state index contributed by atoms with van der Waals surface area (Å²) in [6, 6.07) is 7.07. The quantitative estimate of drug-likeness (QED) is 0.755. The van der Waals surface area contributed by atoms with E-state index in [0.29, 0.717) is 31.6 Å². The number of ether oxygens (including phenoxy) is 1. The summed E-state index contributed by atoms with van der Waals surface area (Å²) >= 11 is 0. The van der Waals surface area contributed by atoms with Crippen LogP contribution >= 0.6 is 12.4 Å². The Morgan fingerprint density at radius 1 is 1.29 bits per heavy atom. The lowest BCUT2D eigenvalue weighted by Crippen LogP contribution is -2.33. The van der Waals surface area contributed by atoms with Crippen LogP contribution in [0.2, 0.25) is 0 Å². The van der Waals surface area contributed by atoms with Crippen molar-refractivity contribution in [3.05, 3.63) is 35.4 Å². The molecule has 0 saturated carbocycles. The highest BCUT2D eigenvalue weighted by atomic mass is 35.5. The highest BCUT2D eigenvalue weighted by molar-refractivity contribution is 5.94. The Bertz CT molecular complexity index is 449. The number of carbonyl (C=O) groups is 2. The van der Waals surface area contributed by atoms with Crippen molar-refractivity contribution in [2.75, 3.05) is 6.61 Å². The summed E-state index contributed by atoms with van der Waals surface area (Å²) in [6.07, 6.45) is 0.868. The van der Waals surface area contributed by atoms with Crippen LogP contribution in [0, 0.1) is 0 Å². The van der Waals surface area contributed by atoms with E-state index in [0.717, 1.165) is 5.56 Å². The summed E-state index contributed by atoms with van der Waals surface area (Å²) in [5.74, 6) is -0.383. The van der Waals surface area contributed by atoms with Crippen LogP contribution in [0.4, 0.5) is 0 Å². The van der Waals surface area contributed by atoms with Gasteiger partial charge in [-0.2, -0.15) is 0 Å². The van der Waals surface area contributed by atoms with Crippen molar-refractivity contribution in [2.45, 2.75) is 39.3 Å². The van der Waals surface area contributed by atoms with Crippen molar-refractivity contribution >= 4 is 24.3 Å². The Morgan fingerprint density at radius 3 is 2.43 bits per heavy atom. The summed E-state index contributed by atoms with van der Waals surface area (Å²) in [5, 5.41) is 2.85. The predicted molar refractivity (Wildman–Crippen MR) is 84.4 cm³/mol. The molecular formula is C15H23ClN2O3. The molecule has 5 nitrogen and oxygen atoms in total. The van der Waals surface area contributed by atoms with E-state index in [4.69, 9.17) is 10.5 Å². The Labute approximate surface area is 131 Å². The maximum absolute atomic E-state index is 12.0. The number of nitrogens with two attached hydrogens (primary N) is 1. The molecule has 0 spiro atoms. The summed E-state index contributed by atoms with van der Waals surface area (Å²) in [5.41, 5.74) is 7.08. The Kier molecular flexibility index (Phi) is 9.41. The second-order valence-corrected chi connectivity index (χ2v) is 4.62. The zero-order valence-electron chi connectivity index (χ0n) is 12.4. The van der Waals surface area contributed by atoms with Crippen LogP contribution in [-0.4, -0.2) is 24.5 Å². The average Bonchev–Trinajstić information content (AvgIpc) is 2.45. The van der Waals surface area contributed by atoms with Gasteiger partial charge in [-0.25, -0.2) is 0 Å². The highest BCUT2D eigenvalue weighted by Crippen LogP contribution is 2.05. The Morgan fingerprint density at radius 2 is 1.90 bits per heavy atom. The average molecular weight is 315 g/mol. The van der Waals surface area contributed by atoms with Gasteiger partial charge in [0.15, 0.2) is 0 Å². The third-order valence-corrected chi connectivity index (χ3v) is 2.92. The van der Waals surface area contributed by atoms with Crippen LogP contribution < -0.4 is 11.1 Å². The minimum atomic E-state index is -0.235. The van der Waals surface area contributed by atoms with E-state index in [1.54, 1.807) is 19.1 Å². The van der Waals surface area contributed by atoms with E-state index in [1.165, 1.54) is 0 Å². The number of benzene rings is 1. The van der Waals surface area contributed by atoms with E-state index in [9.17, 15) is 9.59 Å². The number of amides is 1. The van der Waals surface area contributed by atoms with Gasteiger partial charge in [0.25, 0.3) is 5.91 Å². The van der Waals surface area contributed by atoms with Gasteiger partial charge in [-0.1, -0.05) is 12.1 Å². The molecule has 0 aromatic heterocycles. The number of esters is 1. The summed E-state index contributed by atoms with van der Waals surface area (Å²) < 4.78 is 4.84. The van der Waals surface area contributed by atoms with Gasteiger partial charge in [-0.3, -0.25) is 9.59 Å². The maximum atomic E-state index is 12.0. The summed E-state index contributed by atoms with van der Waals surface area (Å²) in [6.45, 7) is 4.48. The summed E-state index contributed by atoms with van der Waals surface area (Å²) in [4.78, 5) is 23.2. The number of carbonyl (C=O) groups excluding carboxylic acids is 2. The highest BCUT2D eigenvalue weighted by Gasteiger charge is 2.11. The standard InChI is InChI=1S/C15H22N2O3.ClH/c1-3-20-14(18)9-4-11(2)17-15(19)13-7-5-12(10-16)6-8-13;/h5-8,11H,3-4,9-10,16H2,1-2H3,(H,17,19);1H. The maximum Gasteiger partial charge on any atom is 0.305 e. The molecule has 0 bridgehead atoms. The third-order valence-electron chi connectivity index (χ3n) is 2.92. The lowest BCUT2D eigenvalue weighted by molar-refractivity contribution is -0.143. The molecule has 0 aliphatic carbocycles. The van der Waals surface area contributed by atoms with Gasteiger partial charge in [0.1, 0.15) is 0 Å². The van der Waals surface area contributed by atoms with Crippen LogP contribution in [0.5, 0.6) is 0 Å². The van der Waals surface area contributed by atoms with Gasteiger partial charge in [-0.05, 0) is 38.0 Å². The third kappa shape index (κ3) is 7.11. The molecule has 1 amide bonds. The van der Waals surface area contributed by atoms with Crippen LogP contribution in [-0.2, 0) is 16.1 Å². The number of halogens is 1. The van der Waals surface area contributed by atoms with Gasteiger partial charge >= 0.3 is 5.97 Å². The van der Waals surface area contributed by atoms with Crippen molar-refractivity contribution < 1.29 is 14.3 Å². The first kappa shape index (κ1) is 19.4. The number of nitrogens with one attached hydrogen (secondary N) is 1. The molecule has 1 aromatic rings. The first-order valence-corrected chi connectivity index (χ1v) is 6.82. The van der Waals surface area contributed by atoms with Crippen molar-refractivity contribution in [3.63, 3.8) is 0 Å². The normalized spacial score (nSPS) is 11.2. The topological polar surface area (TPSA) is 81.4 Å². The number of hydrogen-bond acceptors (Lipinski definition) is 4. The van der Waals surface area contributed by atoms with E-state index in [-0.39, 0.29) is 30.3 Å². The van der Waals surface area contributed by atoms with Crippen molar-refractivity contribution in [3.8, 4) is 0 Å². The van der Waals surface area contributed by atoms with Crippen LogP contribution in [0.3, 0.4) is 0 Å². The second-order valence-electron chi connectivity index (χ2n) is 4.62. The van der Waals surface area contributed by atoms with E-state index < -0.39 is 0 Å². The molecular weight excluding hydrogens is 292 g/mol. The largest absolute Gasteiger partial charge is 0.466 e.